The Morgan fingerprint density at radius 1 is 0.800 bits per heavy atom. The second-order valence-electron chi connectivity index (χ2n) is 4.72. The predicted octanol–water partition coefficient (Wildman–Crippen LogP) is 4.86. The van der Waals surface area contributed by atoms with Crippen LogP contribution in [0.3, 0.4) is 0 Å². The summed E-state index contributed by atoms with van der Waals surface area (Å²) in [5.74, 6) is -0.234. The van der Waals surface area contributed by atoms with Gasteiger partial charge in [-0.15, -0.1) is 0 Å². The van der Waals surface area contributed by atoms with Crippen molar-refractivity contribution in [3.63, 3.8) is 0 Å². The number of nitrogens with zero attached hydrogens (tertiary/aromatic N) is 1. The number of rotatable bonds is 2. The number of benzene rings is 2. The zero-order valence-corrected chi connectivity index (χ0v) is 11.2. The van der Waals surface area contributed by atoms with Crippen molar-refractivity contribution >= 4 is 0 Å². The third kappa shape index (κ3) is 2.32. The first-order valence-electron chi connectivity index (χ1n) is 6.52. The van der Waals surface area contributed by atoms with E-state index in [1.807, 2.05) is 24.3 Å². The van der Waals surface area contributed by atoms with Gasteiger partial charge in [0.1, 0.15) is 5.82 Å². The lowest BCUT2D eigenvalue weighted by molar-refractivity contribution is 0.628. The first kappa shape index (κ1) is 12.5. The lowest BCUT2D eigenvalue weighted by Gasteiger charge is -2.12. The van der Waals surface area contributed by atoms with Crippen molar-refractivity contribution in [3.05, 3.63) is 78.2 Å². The molecule has 3 aromatic rings. The van der Waals surface area contributed by atoms with E-state index in [0.29, 0.717) is 0 Å². The van der Waals surface area contributed by atoms with Gasteiger partial charge >= 0.3 is 0 Å². The fraction of sp³-hybridized carbons (Fsp3) is 0.0556. The molecule has 0 aliphatic rings. The molecule has 0 unspecified atom stereocenters. The first-order chi connectivity index (χ1) is 9.75. The predicted molar refractivity (Wildman–Crippen MR) is 79.8 cm³/mol. The van der Waals surface area contributed by atoms with Gasteiger partial charge < -0.3 is 0 Å². The summed E-state index contributed by atoms with van der Waals surface area (Å²) in [6.07, 6.45) is 1.79. The second kappa shape index (κ2) is 5.25. The molecule has 0 bridgehead atoms. The van der Waals surface area contributed by atoms with E-state index in [2.05, 4.69) is 24.0 Å². The summed E-state index contributed by atoms with van der Waals surface area (Å²) in [6, 6.07) is 18.6. The van der Waals surface area contributed by atoms with Crippen LogP contribution < -0.4 is 0 Å². The van der Waals surface area contributed by atoms with Crippen LogP contribution in [0.1, 0.15) is 5.56 Å². The van der Waals surface area contributed by atoms with Crippen LogP contribution in [-0.2, 0) is 0 Å². The van der Waals surface area contributed by atoms with E-state index in [1.54, 1.807) is 18.3 Å². The van der Waals surface area contributed by atoms with Crippen LogP contribution in [0.15, 0.2) is 66.9 Å². The van der Waals surface area contributed by atoms with Crippen molar-refractivity contribution in [2.75, 3.05) is 0 Å². The standard InChI is InChI=1S/C18H14FN/c1-13-11-12-20-18(15-7-9-16(19)10-8-15)17(13)14-5-3-2-4-6-14/h2-12H,1H3. The maximum absolute atomic E-state index is 13.1. The molecule has 0 atom stereocenters. The fourth-order valence-corrected chi connectivity index (χ4v) is 2.35. The number of aromatic nitrogens is 1. The van der Waals surface area contributed by atoms with Gasteiger partial charge in [0.2, 0.25) is 0 Å². The van der Waals surface area contributed by atoms with Crippen molar-refractivity contribution in [2.24, 2.45) is 0 Å². The van der Waals surface area contributed by atoms with Gasteiger partial charge in [0, 0.05) is 17.3 Å². The average Bonchev–Trinajstić information content (AvgIpc) is 2.49. The summed E-state index contributed by atoms with van der Waals surface area (Å²) in [4.78, 5) is 4.49. The normalized spacial score (nSPS) is 10.5. The number of pyridine rings is 1. The Morgan fingerprint density at radius 3 is 2.20 bits per heavy atom. The molecule has 2 heteroatoms. The summed E-state index contributed by atoms with van der Waals surface area (Å²) < 4.78 is 13.1. The Kier molecular flexibility index (Phi) is 3.30. The minimum absolute atomic E-state index is 0.234. The van der Waals surface area contributed by atoms with Gasteiger partial charge in [0.05, 0.1) is 5.69 Å². The van der Waals surface area contributed by atoms with E-state index in [0.717, 1.165) is 27.9 Å². The molecule has 0 aliphatic heterocycles. The molecule has 0 fully saturated rings. The summed E-state index contributed by atoms with van der Waals surface area (Å²) in [5.41, 5.74) is 5.19. The highest BCUT2D eigenvalue weighted by Gasteiger charge is 2.11. The van der Waals surface area contributed by atoms with E-state index in [9.17, 15) is 4.39 Å². The number of hydrogen-bond acceptors (Lipinski definition) is 1. The largest absolute Gasteiger partial charge is 0.256 e. The average molecular weight is 263 g/mol. The summed E-state index contributed by atoms with van der Waals surface area (Å²) in [5, 5.41) is 0. The van der Waals surface area contributed by atoms with Crippen LogP contribution in [-0.4, -0.2) is 4.98 Å². The Bertz CT molecular complexity index is 718. The van der Waals surface area contributed by atoms with Crippen LogP contribution in [0.25, 0.3) is 22.4 Å². The monoisotopic (exact) mass is 263 g/mol. The Labute approximate surface area is 117 Å². The molecule has 1 heterocycles. The van der Waals surface area contributed by atoms with Crippen molar-refractivity contribution in [1.82, 2.24) is 4.98 Å². The smallest absolute Gasteiger partial charge is 0.123 e. The quantitative estimate of drug-likeness (QED) is 0.643. The number of halogens is 1. The van der Waals surface area contributed by atoms with E-state index < -0.39 is 0 Å². The SMILES string of the molecule is Cc1ccnc(-c2ccc(F)cc2)c1-c1ccccc1. The van der Waals surface area contributed by atoms with Crippen LogP contribution in [0.2, 0.25) is 0 Å². The summed E-state index contributed by atoms with van der Waals surface area (Å²) in [7, 11) is 0. The lowest BCUT2D eigenvalue weighted by Crippen LogP contribution is -1.92. The van der Waals surface area contributed by atoms with Crippen molar-refractivity contribution < 1.29 is 4.39 Å². The molecule has 1 nitrogen and oxygen atoms in total. The van der Waals surface area contributed by atoms with Gasteiger partial charge in [-0.1, -0.05) is 30.3 Å². The molecular formula is C18H14FN. The molecule has 0 N–H and O–H groups in total. The lowest BCUT2D eigenvalue weighted by atomic mass is 9.95. The summed E-state index contributed by atoms with van der Waals surface area (Å²) >= 11 is 0. The van der Waals surface area contributed by atoms with Crippen molar-refractivity contribution in [2.45, 2.75) is 6.92 Å². The molecule has 0 saturated carbocycles. The first-order valence-corrected chi connectivity index (χ1v) is 6.52. The highest BCUT2D eigenvalue weighted by molar-refractivity contribution is 5.82. The Hall–Kier alpha value is -2.48. The van der Waals surface area contributed by atoms with Gasteiger partial charge in [-0.3, -0.25) is 4.98 Å². The third-order valence-electron chi connectivity index (χ3n) is 3.34. The van der Waals surface area contributed by atoms with Crippen LogP contribution in [0, 0.1) is 12.7 Å². The second-order valence-corrected chi connectivity index (χ2v) is 4.72. The van der Waals surface area contributed by atoms with E-state index in [-0.39, 0.29) is 5.82 Å². The topological polar surface area (TPSA) is 12.9 Å². The zero-order valence-electron chi connectivity index (χ0n) is 11.2. The molecule has 1 aromatic heterocycles. The highest BCUT2D eigenvalue weighted by atomic mass is 19.1. The van der Waals surface area contributed by atoms with E-state index in [4.69, 9.17) is 0 Å². The Morgan fingerprint density at radius 2 is 1.50 bits per heavy atom. The fourth-order valence-electron chi connectivity index (χ4n) is 2.35. The van der Waals surface area contributed by atoms with Gasteiger partial charge in [0.25, 0.3) is 0 Å². The maximum atomic E-state index is 13.1. The summed E-state index contributed by atoms with van der Waals surface area (Å²) in [6.45, 7) is 2.07. The van der Waals surface area contributed by atoms with Crippen molar-refractivity contribution in [1.29, 1.82) is 0 Å². The molecule has 98 valence electrons. The van der Waals surface area contributed by atoms with Gasteiger partial charge in [-0.2, -0.15) is 0 Å². The van der Waals surface area contributed by atoms with Crippen LogP contribution >= 0.6 is 0 Å². The van der Waals surface area contributed by atoms with Gasteiger partial charge in [0.15, 0.2) is 0 Å². The molecule has 2 aromatic carbocycles. The molecular weight excluding hydrogens is 249 g/mol. The molecule has 0 radical (unpaired) electrons. The molecule has 0 aliphatic carbocycles. The van der Waals surface area contributed by atoms with Crippen molar-refractivity contribution in [3.8, 4) is 22.4 Å². The van der Waals surface area contributed by atoms with E-state index in [1.165, 1.54) is 12.1 Å². The third-order valence-corrected chi connectivity index (χ3v) is 3.34. The van der Waals surface area contributed by atoms with Gasteiger partial charge in [-0.05, 0) is 48.4 Å². The van der Waals surface area contributed by atoms with Gasteiger partial charge in [-0.25, -0.2) is 4.39 Å². The van der Waals surface area contributed by atoms with Crippen LogP contribution in [0.5, 0.6) is 0 Å². The molecule has 3 rings (SSSR count). The molecule has 20 heavy (non-hydrogen) atoms. The molecule has 0 saturated heterocycles. The zero-order chi connectivity index (χ0) is 13.9. The minimum Gasteiger partial charge on any atom is -0.256 e. The van der Waals surface area contributed by atoms with Crippen LogP contribution in [0.4, 0.5) is 4.39 Å². The maximum Gasteiger partial charge on any atom is 0.123 e. The number of hydrogen-bond donors (Lipinski definition) is 0. The minimum atomic E-state index is -0.234. The molecule has 0 amide bonds. The highest BCUT2D eigenvalue weighted by Crippen LogP contribution is 2.32. The Balaban J connectivity index is 2.22. The number of aryl methyl sites for hydroxylation is 1. The van der Waals surface area contributed by atoms with E-state index >= 15 is 0 Å². The molecule has 0 spiro atoms.